The zero-order chi connectivity index (χ0) is 20.9. The summed E-state index contributed by atoms with van der Waals surface area (Å²) in [6, 6.07) is 5.99. The van der Waals surface area contributed by atoms with E-state index in [2.05, 4.69) is 11.4 Å². The summed E-state index contributed by atoms with van der Waals surface area (Å²) in [5, 5.41) is 15.4. The molecule has 0 unspecified atom stereocenters. The number of allylic oxidation sites excluding steroid dienone is 2. The fourth-order valence-corrected chi connectivity index (χ4v) is 4.46. The molecule has 0 aromatic carbocycles. The Balaban J connectivity index is 2.36. The van der Waals surface area contributed by atoms with Crippen molar-refractivity contribution >= 4 is 35.0 Å². The van der Waals surface area contributed by atoms with E-state index in [-0.39, 0.29) is 18.3 Å². The largest absolute Gasteiger partial charge is 0.463 e. The van der Waals surface area contributed by atoms with Crippen LogP contribution in [0, 0.1) is 11.3 Å². The van der Waals surface area contributed by atoms with E-state index in [9.17, 15) is 14.9 Å². The molecule has 2 heterocycles. The molecule has 1 atom stereocenters. The molecule has 2 rings (SSSR count). The monoisotopic (exact) mass is 420 g/mol. The van der Waals surface area contributed by atoms with E-state index < -0.39 is 17.5 Å². The van der Waals surface area contributed by atoms with Crippen LogP contribution in [0.5, 0.6) is 0 Å². The van der Waals surface area contributed by atoms with Gasteiger partial charge in [0, 0.05) is 10.6 Å². The minimum atomic E-state index is -0.573. The summed E-state index contributed by atoms with van der Waals surface area (Å²) in [5.74, 6) is -1.28. The number of carbonyl (C=O) groups excluding carboxylic acids is 2. The summed E-state index contributed by atoms with van der Waals surface area (Å²) >= 11 is 2.67. The third-order valence-corrected chi connectivity index (χ3v) is 5.65. The molecule has 1 aliphatic rings. The summed E-state index contributed by atoms with van der Waals surface area (Å²) < 4.78 is 10.6. The number of nitriles is 1. The van der Waals surface area contributed by atoms with Gasteiger partial charge in [-0.05, 0) is 46.1 Å². The minimum absolute atomic E-state index is 0.0595. The second-order valence-electron chi connectivity index (χ2n) is 7.06. The fourth-order valence-electron chi connectivity index (χ4n) is 2.75. The van der Waals surface area contributed by atoms with E-state index in [4.69, 9.17) is 9.47 Å². The molecule has 0 amide bonds. The molecule has 1 aliphatic heterocycles. The van der Waals surface area contributed by atoms with Gasteiger partial charge in [-0.25, -0.2) is 4.79 Å². The zero-order valence-corrected chi connectivity index (χ0v) is 18.3. The molecule has 0 radical (unpaired) electrons. The van der Waals surface area contributed by atoms with Crippen molar-refractivity contribution in [3.8, 4) is 6.07 Å². The van der Waals surface area contributed by atoms with Crippen LogP contribution in [-0.4, -0.2) is 29.9 Å². The second-order valence-corrected chi connectivity index (χ2v) is 9.03. The molecule has 0 fully saturated rings. The highest BCUT2D eigenvalue weighted by molar-refractivity contribution is 8.03. The predicted molar refractivity (Wildman–Crippen MR) is 110 cm³/mol. The van der Waals surface area contributed by atoms with Gasteiger partial charge in [-0.15, -0.1) is 11.3 Å². The molecule has 0 saturated carbocycles. The van der Waals surface area contributed by atoms with Gasteiger partial charge in [0.1, 0.15) is 5.60 Å². The van der Waals surface area contributed by atoms with Crippen molar-refractivity contribution in [3.63, 3.8) is 0 Å². The van der Waals surface area contributed by atoms with Crippen molar-refractivity contribution in [2.45, 2.75) is 46.1 Å². The van der Waals surface area contributed by atoms with Gasteiger partial charge in [0.25, 0.3) is 0 Å². The second kappa shape index (κ2) is 9.30. The van der Waals surface area contributed by atoms with Crippen LogP contribution in [0.15, 0.2) is 39.4 Å². The lowest BCUT2D eigenvalue weighted by Gasteiger charge is -2.28. The first-order valence-electron chi connectivity index (χ1n) is 8.85. The number of rotatable bonds is 6. The molecule has 1 N–H and O–H groups in total. The van der Waals surface area contributed by atoms with Crippen LogP contribution in [-0.2, 0) is 19.1 Å². The van der Waals surface area contributed by atoms with Gasteiger partial charge < -0.3 is 14.8 Å². The molecule has 0 aliphatic carbocycles. The molecule has 8 heteroatoms. The number of carbonyl (C=O) groups is 2. The number of ether oxygens (including phenoxy) is 2. The molecule has 28 heavy (non-hydrogen) atoms. The molecular formula is C20H24N2O4S2. The Morgan fingerprint density at radius 3 is 2.64 bits per heavy atom. The van der Waals surface area contributed by atoms with Crippen molar-refractivity contribution in [2.24, 2.45) is 0 Å². The number of hydrogen-bond donors (Lipinski definition) is 1. The Labute approximate surface area is 173 Å². The third kappa shape index (κ3) is 5.40. The van der Waals surface area contributed by atoms with Gasteiger partial charge in [-0.1, -0.05) is 17.8 Å². The summed E-state index contributed by atoms with van der Waals surface area (Å²) in [7, 11) is 0. The maximum Gasteiger partial charge on any atom is 0.336 e. The highest BCUT2D eigenvalue weighted by atomic mass is 32.2. The summed E-state index contributed by atoms with van der Waals surface area (Å²) in [6.45, 7) is 9.18. The number of hydrogen-bond acceptors (Lipinski definition) is 8. The number of thiophene rings is 1. The van der Waals surface area contributed by atoms with Crippen LogP contribution < -0.4 is 5.32 Å². The lowest BCUT2D eigenvalue weighted by Crippen LogP contribution is -2.29. The average molecular weight is 421 g/mol. The lowest BCUT2D eigenvalue weighted by molar-refractivity contribution is -0.151. The fraction of sp³-hybridized carbons (Fsp3) is 0.450. The maximum atomic E-state index is 12.6. The van der Waals surface area contributed by atoms with E-state index in [1.807, 2.05) is 17.5 Å². The standard InChI is InChI=1S/C20H24N2O4S2/c1-6-25-19(24)16-12(2)22-18(28-11-15(23)26-20(3,4)5)13(10-21)17(16)14-8-7-9-27-14/h7-9,17,22H,6,11H2,1-5H3/t17-/m1/s1. The molecule has 1 aromatic rings. The Morgan fingerprint density at radius 2 is 2.11 bits per heavy atom. The maximum absolute atomic E-state index is 12.6. The van der Waals surface area contributed by atoms with Crippen molar-refractivity contribution in [3.05, 3.63) is 44.3 Å². The molecule has 150 valence electrons. The summed E-state index contributed by atoms with van der Waals surface area (Å²) in [5.41, 5.74) is 0.853. The molecule has 6 nitrogen and oxygen atoms in total. The normalized spacial score (nSPS) is 17.1. The van der Waals surface area contributed by atoms with Gasteiger partial charge in [0.2, 0.25) is 0 Å². The van der Waals surface area contributed by atoms with Crippen molar-refractivity contribution in [2.75, 3.05) is 12.4 Å². The van der Waals surface area contributed by atoms with Gasteiger partial charge >= 0.3 is 11.9 Å². The Hall–Kier alpha value is -2.24. The Morgan fingerprint density at radius 1 is 1.39 bits per heavy atom. The predicted octanol–water partition coefficient (Wildman–Crippen LogP) is 4.08. The number of thioether (sulfide) groups is 1. The smallest absolute Gasteiger partial charge is 0.336 e. The van der Waals surface area contributed by atoms with Crippen LogP contribution in [0.1, 0.15) is 45.4 Å². The third-order valence-electron chi connectivity index (χ3n) is 3.72. The van der Waals surface area contributed by atoms with Gasteiger partial charge in [-0.3, -0.25) is 4.79 Å². The molecule has 0 bridgehead atoms. The average Bonchev–Trinajstić information content (AvgIpc) is 3.12. The zero-order valence-electron chi connectivity index (χ0n) is 16.6. The van der Waals surface area contributed by atoms with Gasteiger partial charge in [-0.2, -0.15) is 5.26 Å². The first-order chi connectivity index (χ1) is 13.2. The van der Waals surface area contributed by atoms with E-state index in [1.54, 1.807) is 34.6 Å². The van der Waals surface area contributed by atoms with Gasteiger partial charge in [0.05, 0.1) is 40.5 Å². The van der Waals surface area contributed by atoms with Crippen LogP contribution >= 0.6 is 23.1 Å². The van der Waals surface area contributed by atoms with Crippen LogP contribution in [0.25, 0.3) is 0 Å². The highest BCUT2D eigenvalue weighted by Gasteiger charge is 2.36. The first-order valence-corrected chi connectivity index (χ1v) is 10.7. The molecule has 1 aromatic heterocycles. The number of esters is 2. The number of nitrogens with one attached hydrogen (secondary N) is 1. The van der Waals surface area contributed by atoms with E-state index in [0.29, 0.717) is 21.9 Å². The SMILES string of the molecule is CCOC(=O)C1=C(C)NC(SCC(=O)OC(C)(C)C)=C(C#N)[C@@H]1c1cccs1. The highest BCUT2D eigenvalue weighted by Crippen LogP contribution is 2.42. The van der Waals surface area contributed by atoms with Crippen molar-refractivity contribution in [1.29, 1.82) is 5.26 Å². The molecular weight excluding hydrogens is 396 g/mol. The van der Waals surface area contributed by atoms with E-state index in [0.717, 1.165) is 4.88 Å². The Bertz CT molecular complexity index is 843. The van der Waals surface area contributed by atoms with Crippen LogP contribution in [0.3, 0.4) is 0 Å². The van der Waals surface area contributed by atoms with Crippen LogP contribution in [0.2, 0.25) is 0 Å². The van der Waals surface area contributed by atoms with Crippen molar-refractivity contribution in [1.82, 2.24) is 5.32 Å². The first kappa shape index (κ1) is 22.1. The minimum Gasteiger partial charge on any atom is -0.463 e. The quantitative estimate of drug-likeness (QED) is 0.694. The van der Waals surface area contributed by atoms with Crippen LogP contribution in [0.4, 0.5) is 0 Å². The lowest BCUT2D eigenvalue weighted by atomic mass is 9.87. The molecule has 0 saturated heterocycles. The van der Waals surface area contributed by atoms with E-state index >= 15 is 0 Å². The van der Waals surface area contributed by atoms with Crippen molar-refractivity contribution < 1.29 is 19.1 Å². The molecule has 0 spiro atoms. The van der Waals surface area contributed by atoms with Gasteiger partial charge in [0.15, 0.2) is 0 Å². The Kier molecular flexibility index (Phi) is 7.33. The number of nitrogens with zero attached hydrogens (tertiary/aromatic N) is 1. The number of dihydropyridines is 1. The summed E-state index contributed by atoms with van der Waals surface area (Å²) in [6.07, 6.45) is 0. The van der Waals surface area contributed by atoms with E-state index in [1.165, 1.54) is 23.1 Å². The topological polar surface area (TPSA) is 88.4 Å². The summed E-state index contributed by atoms with van der Waals surface area (Å²) in [4.78, 5) is 25.5.